The first-order valence-corrected chi connectivity index (χ1v) is 12.6. The third-order valence-corrected chi connectivity index (χ3v) is 7.47. The van der Waals surface area contributed by atoms with Crippen molar-refractivity contribution >= 4 is 21.6 Å². The summed E-state index contributed by atoms with van der Waals surface area (Å²) in [6.45, 7) is 2.39. The van der Waals surface area contributed by atoms with E-state index in [9.17, 15) is 17.6 Å². The summed E-state index contributed by atoms with van der Waals surface area (Å²) in [6, 6.07) is 20.1. The molecule has 1 aliphatic rings. The molecule has 0 spiro atoms. The number of nitrogens with one attached hydrogen (secondary N) is 1. The number of aryl methyl sites for hydroxylation is 2. The Kier molecular flexibility index (Phi) is 6.91. The van der Waals surface area contributed by atoms with Gasteiger partial charge < -0.3 is 4.90 Å². The maximum atomic E-state index is 13.2. The van der Waals surface area contributed by atoms with Crippen molar-refractivity contribution in [3.05, 3.63) is 95.3 Å². The molecule has 0 fully saturated rings. The summed E-state index contributed by atoms with van der Waals surface area (Å²) in [7, 11) is -3.69. The summed E-state index contributed by atoms with van der Waals surface area (Å²) in [6.07, 6.45) is 2.89. The Morgan fingerprint density at radius 3 is 2.52 bits per heavy atom. The molecule has 0 aliphatic carbocycles. The van der Waals surface area contributed by atoms with Crippen molar-refractivity contribution in [2.75, 3.05) is 11.4 Å². The number of sulfonamides is 1. The Balaban J connectivity index is 1.48. The number of carbonyl (C=O) groups excluding carboxylic acids is 1. The minimum Gasteiger partial charge on any atom is -0.308 e. The van der Waals surface area contributed by atoms with Gasteiger partial charge in [0.25, 0.3) is 5.91 Å². The zero-order valence-corrected chi connectivity index (χ0v) is 19.3. The molecule has 0 bridgehead atoms. The van der Waals surface area contributed by atoms with E-state index in [0.717, 1.165) is 18.4 Å². The predicted octanol–water partition coefficient (Wildman–Crippen LogP) is 4.72. The lowest BCUT2D eigenvalue weighted by atomic mass is 10.0. The van der Waals surface area contributed by atoms with Gasteiger partial charge in [-0.3, -0.25) is 4.79 Å². The second kappa shape index (κ2) is 9.85. The number of rotatable bonds is 7. The van der Waals surface area contributed by atoms with Crippen molar-refractivity contribution in [1.29, 1.82) is 0 Å². The summed E-state index contributed by atoms with van der Waals surface area (Å²) >= 11 is 0. The second-order valence-electron chi connectivity index (χ2n) is 8.40. The minimum atomic E-state index is -3.69. The van der Waals surface area contributed by atoms with E-state index in [1.165, 1.54) is 29.8 Å². The summed E-state index contributed by atoms with van der Waals surface area (Å²) < 4.78 is 42.0. The Hall–Kier alpha value is -3.03. The molecule has 1 N–H and O–H groups in total. The fraction of sp³-hybridized carbons (Fsp3) is 0.269. The van der Waals surface area contributed by atoms with E-state index in [1.807, 2.05) is 37.3 Å². The molecule has 172 valence electrons. The van der Waals surface area contributed by atoms with Gasteiger partial charge in [-0.2, -0.15) is 0 Å². The number of carbonyl (C=O) groups is 1. The normalized spacial score (nSPS) is 14.5. The van der Waals surface area contributed by atoms with Gasteiger partial charge in [-0.1, -0.05) is 30.3 Å². The summed E-state index contributed by atoms with van der Waals surface area (Å²) in [5, 5.41) is 0. The molecule has 3 aromatic carbocycles. The van der Waals surface area contributed by atoms with E-state index in [-0.39, 0.29) is 16.8 Å². The number of halogens is 1. The van der Waals surface area contributed by atoms with Gasteiger partial charge in [0.05, 0.1) is 4.90 Å². The lowest BCUT2D eigenvalue weighted by Gasteiger charge is -2.30. The Bertz CT molecular complexity index is 1230. The largest absolute Gasteiger partial charge is 0.308 e. The van der Waals surface area contributed by atoms with Gasteiger partial charge in [-0.15, -0.1) is 0 Å². The van der Waals surface area contributed by atoms with Crippen molar-refractivity contribution < 1.29 is 17.6 Å². The smallest absolute Gasteiger partial charge is 0.258 e. The zero-order valence-electron chi connectivity index (χ0n) is 18.5. The van der Waals surface area contributed by atoms with Crippen LogP contribution in [0.5, 0.6) is 0 Å². The molecule has 1 heterocycles. The molecule has 0 radical (unpaired) electrons. The lowest BCUT2D eigenvalue weighted by Crippen LogP contribution is -2.36. The number of hydrogen-bond donors (Lipinski definition) is 1. The molecule has 1 amide bonds. The van der Waals surface area contributed by atoms with Crippen LogP contribution >= 0.6 is 0 Å². The maximum Gasteiger partial charge on any atom is 0.258 e. The Morgan fingerprint density at radius 2 is 1.79 bits per heavy atom. The predicted molar refractivity (Wildman–Crippen MR) is 127 cm³/mol. The van der Waals surface area contributed by atoms with E-state index in [1.54, 1.807) is 23.1 Å². The van der Waals surface area contributed by atoms with E-state index in [4.69, 9.17) is 0 Å². The summed E-state index contributed by atoms with van der Waals surface area (Å²) in [5.74, 6) is -0.620. The van der Waals surface area contributed by atoms with E-state index in [2.05, 4.69) is 4.72 Å². The van der Waals surface area contributed by atoms with E-state index in [0.29, 0.717) is 30.6 Å². The van der Waals surface area contributed by atoms with Crippen molar-refractivity contribution in [1.82, 2.24) is 4.72 Å². The molecule has 5 nitrogen and oxygen atoms in total. The minimum absolute atomic E-state index is 0.198. The SMILES string of the molecule is C[C@H](CCc1ccccc1)NS(=O)(=O)c1ccc2c(c1)CCCN2C(=O)c1ccc(F)cc1. The second-order valence-corrected chi connectivity index (χ2v) is 10.1. The molecule has 7 heteroatoms. The van der Waals surface area contributed by atoms with Crippen LogP contribution in [0, 0.1) is 5.82 Å². The van der Waals surface area contributed by atoms with Crippen LogP contribution < -0.4 is 9.62 Å². The monoisotopic (exact) mass is 466 g/mol. The third-order valence-electron chi connectivity index (χ3n) is 5.88. The highest BCUT2D eigenvalue weighted by atomic mass is 32.2. The standard InChI is InChI=1S/C26H27FN2O3S/c1-19(9-10-20-6-3-2-4-7-20)28-33(31,32)24-15-16-25-22(18-24)8-5-17-29(25)26(30)21-11-13-23(27)14-12-21/h2-4,6-7,11-16,18-19,28H,5,8-10,17H2,1H3/t19-/m1/s1. The van der Waals surface area contributed by atoms with Crippen LogP contribution in [0.25, 0.3) is 0 Å². The first-order valence-electron chi connectivity index (χ1n) is 11.1. The first kappa shape index (κ1) is 23.1. The van der Waals surface area contributed by atoms with Crippen LogP contribution in [0.3, 0.4) is 0 Å². The Labute approximate surface area is 194 Å². The zero-order chi connectivity index (χ0) is 23.4. The quantitative estimate of drug-likeness (QED) is 0.548. The van der Waals surface area contributed by atoms with Crippen LogP contribution in [0.4, 0.5) is 10.1 Å². The number of benzene rings is 3. The molecule has 3 aromatic rings. The molecular formula is C26H27FN2O3S. The van der Waals surface area contributed by atoms with Crippen LogP contribution in [0.2, 0.25) is 0 Å². The van der Waals surface area contributed by atoms with E-state index < -0.39 is 15.8 Å². The molecule has 0 saturated heterocycles. The number of amides is 1. The highest BCUT2D eigenvalue weighted by Crippen LogP contribution is 2.31. The molecule has 1 aliphatic heterocycles. The summed E-state index contributed by atoms with van der Waals surface area (Å²) in [5.41, 5.74) is 3.08. The maximum absolute atomic E-state index is 13.2. The number of fused-ring (bicyclic) bond motifs is 1. The van der Waals surface area contributed by atoms with Gasteiger partial charge in [-0.25, -0.2) is 17.5 Å². The van der Waals surface area contributed by atoms with E-state index >= 15 is 0 Å². The molecule has 33 heavy (non-hydrogen) atoms. The van der Waals surface area contributed by atoms with Gasteiger partial charge in [0.15, 0.2) is 0 Å². The molecule has 0 aromatic heterocycles. The fourth-order valence-electron chi connectivity index (χ4n) is 4.12. The average molecular weight is 467 g/mol. The average Bonchev–Trinajstić information content (AvgIpc) is 2.82. The van der Waals surface area contributed by atoms with Crippen molar-refractivity contribution in [3.63, 3.8) is 0 Å². The van der Waals surface area contributed by atoms with Gasteiger partial charge in [0, 0.05) is 23.8 Å². The molecule has 1 atom stereocenters. The highest BCUT2D eigenvalue weighted by molar-refractivity contribution is 7.89. The lowest BCUT2D eigenvalue weighted by molar-refractivity contribution is 0.0985. The van der Waals surface area contributed by atoms with Gasteiger partial charge in [0.1, 0.15) is 5.82 Å². The van der Waals surface area contributed by atoms with Crippen molar-refractivity contribution in [3.8, 4) is 0 Å². The molecule has 0 unspecified atom stereocenters. The van der Waals surface area contributed by atoms with Gasteiger partial charge in [0.2, 0.25) is 10.0 Å². The molecular weight excluding hydrogens is 439 g/mol. The van der Waals surface area contributed by atoms with Crippen LogP contribution in [-0.4, -0.2) is 26.9 Å². The van der Waals surface area contributed by atoms with Crippen molar-refractivity contribution in [2.45, 2.75) is 43.5 Å². The van der Waals surface area contributed by atoms with Crippen LogP contribution in [-0.2, 0) is 22.9 Å². The third kappa shape index (κ3) is 5.49. The van der Waals surface area contributed by atoms with Gasteiger partial charge >= 0.3 is 0 Å². The number of anilines is 1. The van der Waals surface area contributed by atoms with Crippen LogP contribution in [0.1, 0.15) is 41.3 Å². The highest BCUT2D eigenvalue weighted by Gasteiger charge is 2.26. The fourth-order valence-corrected chi connectivity index (χ4v) is 5.45. The van der Waals surface area contributed by atoms with Crippen molar-refractivity contribution in [2.24, 2.45) is 0 Å². The number of nitrogens with zero attached hydrogens (tertiary/aromatic N) is 1. The number of hydrogen-bond acceptors (Lipinski definition) is 3. The topological polar surface area (TPSA) is 66.5 Å². The molecule has 4 rings (SSSR count). The Morgan fingerprint density at radius 1 is 1.06 bits per heavy atom. The van der Waals surface area contributed by atoms with Gasteiger partial charge in [-0.05, 0) is 86.2 Å². The first-order chi connectivity index (χ1) is 15.8. The van der Waals surface area contributed by atoms with Crippen LogP contribution in [0.15, 0.2) is 77.7 Å². The summed E-state index contributed by atoms with van der Waals surface area (Å²) in [4.78, 5) is 14.8. The molecule has 0 saturated carbocycles.